The van der Waals surface area contributed by atoms with Crippen LogP contribution < -0.4 is 0 Å². The van der Waals surface area contributed by atoms with Gasteiger partial charge in [0.2, 0.25) is 0 Å². The number of halogens is 6. The van der Waals surface area contributed by atoms with Crippen molar-refractivity contribution in [2.75, 3.05) is 37.7 Å². The molecule has 1 saturated heterocycles. The maximum Gasteiger partial charge on any atom is 0.319 e. The highest BCUT2D eigenvalue weighted by Crippen LogP contribution is 2.38. The SMILES string of the molecule is CCCCCCCCCCCCS/C(=C(/C(Cl)=C(Cl)Cl)[N+](=O)[O-])N1CCCN(/C(SCCCCCCCCCCCC)=C(/C(Cl)=C(Cl)Cl)[N+](=O)[O-])CC1. The minimum Gasteiger partial charge on any atom is -0.359 e. The summed E-state index contributed by atoms with van der Waals surface area (Å²) in [6.45, 7) is 6.04. The minimum atomic E-state index is -0.540. The van der Waals surface area contributed by atoms with E-state index in [0.717, 1.165) is 38.5 Å². The van der Waals surface area contributed by atoms with Crippen molar-refractivity contribution in [3.8, 4) is 0 Å². The van der Waals surface area contributed by atoms with Gasteiger partial charge < -0.3 is 9.80 Å². The monoisotopic (exact) mass is 898 g/mol. The molecule has 0 aromatic heterocycles. The number of hydrogen-bond donors (Lipinski definition) is 0. The van der Waals surface area contributed by atoms with Crippen LogP contribution in [0.2, 0.25) is 0 Å². The first-order valence-electron chi connectivity index (χ1n) is 19.4. The molecular weight excluding hydrogens is 841 g/mol. The molecule has 8 nitrogen and oxygen atoms in total. The zero-order valence-electron chi connectivity index (χ0n) is 31.6. The van der Waals surface area contributed by atoms with E-state index in [2.05, 4.69) is 13.8 Å². The molecule has 0 aromatic rings. The van der Waals surface area contributed by atoms with E-state index in [4.69, 9.17) is 69.6 Å². The fraction of sp³-hybridized carbons (Fsp3) is 0.784. The first kappa shape index (κ1) is 50.8. The van der Waals surface area contributed by atoms with Gasteiger partial charge in [0, 0.05) is 26.2 Å². The van der Waals surface area contributed by atoms with Crippen LogP contribution in [0.1, 0.15) is 149 Å². The fourth-order valence-corrected chi connectivity index (χ4v) is 9.37. The Labute approximate surface area is 357 Å². The molecule has 0 spiro atoms. The third kappa shape index (κ3) is 21.8. The Morgan fingerprint density at radius 2 is 0.774 bits per heavy atom. The van der Waals surface area contributed by atoms with Crippen LogP contribution in [0.3, 0.4) is 0 Å². The van der Waals surface area contributed by atoms with E-state index in [1.165, 1.54) is 113 Å². The molecule has 0 bridgehead atoms. The molecule has 1 rings (SSSR count). The van der Waals surface area contributed by atoms with E-state index in [-0.39, 0.29) is 30.4 Å². The molecule has 0 unspecified atom stereocenters. The van der Waals surface area contributed by atoms with E-state index in [0.29, 0.717) is 54.2 Å². The first-order valence-corrected chi connectivity index (χ1v) is 23.7. The summed E-state index contributed by atoms with van der Waals surface area (Å²) in [5.74, 6) is 1.32. The summed E-state index contributed by atoms with van der Waals surface area (Å²) in [7, 11) is 0. The smallest absolute Gasteiger partial charge is 0.319 e. The summed E-state index contributed by atoms with van der Waals surface area (Å²) in [5, 5.41) is 24.9. The first-order chi connectivity index (χ1) is 25.5. The second kappa shape index (κ2) is 31.8. The van der Waals surface area contributed by atoms with Crippen molar-refractivity contribution in [3.63, 3.8) is 0 Å². The summed E-state index contributed by atoms with van der Waals surface area (Å²) in [5.41, 5.74) is -0.677. The number of nitro groups is 2. The Kier molecular flexibility index (Phi) is 30.5. The minimum absolute atomic E-state index is 0.318. The number of rotatable bonds is 30. The standard InChI is InChI=1S/C37H60Cl6N4O4S2/c1-3-5-7-9-11-13-15-17-19-21-28-52-36(32(46(48)49)30(38)34(40)41)44-24-23-25-45(27-26-44)37(33(47(50)51)31(39)35(42)43)53-29-22-20-18-16-14-12-10-8-6-4-2/h3-29H2,1-2H3/b36-32-,37-33+. The van der Waals surface area contributed by atoms with Crippen LogP contribution in [0.4, 0.5) is 0 Å². The number of unbranched alkanes of at least 4 members (excludes halogenated alkanes) is 18. The number of thioether (sulfide) groups is 2. The van der Waals surface area contributed by atoms with Gasteiger partial charge in [-0.2, -0.15) is 0 Å². The van der Waals surface area contributed by atoms with Gasteiger partial charge in [0.05, 0.1) is 9.85 Å². The van der Waals surface area contributed by atoms with Gasteiger partial charge in [-0.1, -0.05) is 199 Å². The molecule has 1 fully saturated rings. The summed E-state index contributed by atoms with van der Waals surface area (Å²) in [4.78, 5) is 27.6. The molecular formula is C37H60Cl6N4O4S2. The van der Waals surface area contributed by atoms with Crippen molar-refractivity contribution in [3.05, 3.63) is 60.7 Å². The van der Waals surface area contributed by atoms with Gasteiger partial charge in [0.25, 0.3) is 0 Å². The van der Waals surface area contributed by atoms with Crippen LogP contribution in [-0.2, 0) is 0 Å². The van der Waals surface area contributed by atoms with E-state index >= 15 is 0 Å². The molecule has 1 heterocycles. The molecule has 0 aromatic carbocycles. The average molecular weight is 902 g/mol. The molecule has 0 amide bonds. The van der Waals surface area contributed by atoms with Crippen LogP contribution in [0, 0.1) is 20.2 Å². The molecule has 0 atom stereocenters. The van der Waals surface area contributed by atoms with E-state index in [1.54, 1.807) is 0 Å². The largest absolute Gasteiger partial charge is 0.359 e. The van der Waals surface area contributed by atoms with Crippen molar-refractivity contribution in [2.24, 2.45) is 0 Å². The molecule has 1 aliphatic rings. The third-order valence-corrected chi connectivity index (χ3v) is 13.4. The highest BCUT2D eigenvalue weighted by atomic mass is 35.5. The summed E-state index contributed by atoms with van der Waals surface area (Å²) < 4.78 is -0.758. The molecule has 16 heteroatoms. The Morgan fingerprint density at radius 3 is 1.04 bits per heavy atom. The van der Waals surface area contributed by atoms with E-state index in [1.807, 2.05) is 9.80 Å². The van der Waals surface area contributed by atoms with Crippen LogP contribution >= 0.6 is 93.1 Å². The predicted molar refractivity (Wildman–Crippen MR) is 234 cm³/mol. The van der Waals surface area contributed by atoms with Gasteiger partial charge in [0.1, 0.15) is 8.98 Å². The van der Waals surface area contributed by atoms with Crippen molar-refractivity contribution >= 4 is 93.1 Å². The van der Waals surface area contributed by atoms with E-state index < -0.39 is 9.85 Å². The van der Waals surface area contributed by atoms with Gasteiger partial charge in [-0.25, -0.2) is 0 Å². The maximum atomic E-state index is 12.4. The van der Waals surface area contributed by atoms with Crippen molar-refractivity contribution in [1.29, 1.82) is 0 Å². The molecule has 0 N–H and O–H groups in total. The lowest BCUT2D eigenvalue weighted by molar-refractivity contribution is -0.421. The predicted octanol–water partition coefficient (Wildman–Crippen LogP) is 15.0. The molecule has 0 aliphatic carbocycles. The lowest BCUT2D eigenvalue weighted by Crippen LogP contribution is -2.31. The Hall–Kier alpha value is -0.200. The lowest BCUT2D eigenvalue weighted by Gasteiger charge is -2.27. The maximum absolute atomic E-state index is 12.4. The summed E-state index contributed by atoms with van der Waals surface area (Å²) >= 11 is 39.4. The zero-order chi connectivity index (χ0) is 39.4. The lowest BCUT2D eigenvalue weighted by atomic mass is 10.1. The molecule has 53 heavy (non-hydrogen) atoms. The number of hydrogen-bond acceptors (Lipinski definition) is 8. The van der Waals surface area contributed by atoms with Crippen molar-refractivity contribution in [1.82, 2.24) is 9.80 Å². The number of nitrogens with zero attached hydrogens (tertiary/aromatic N) is 4. The quantitative estimate of drug-likeness (QED) is 0.0305. The highest BCUT2D eigenvalue weighted by Gasteiger charge is 2.33. The third-order valence-electron chi connectivity index (χ3n) is 9.06. The van der Waals surface area contributed by atoms with Gasteiger partial charge in [0.15, 0.2) is 20.1 Å². The molecule has 0 radical (unpaired) electrons. The van der Waals surface area contributed by atoms with Crippen LogP contribution in [-0.4, -0.2) is 57.3 Å². The van der Waals surface area contributed by atoms with Crippen molar-refractivity contribution < 1.29 is 9.85 Å². The zero-order valence-corrected chi connectivity index (χ0v) is 37.8. The van der Waals surface area contributed by atoms with Gasteiger partial charge in [-0.3, -0.25) is 20.2 Å². The molecule has 0 saturated carbocycles. The fourth-order valence-electron chi connectivity index (χ4n) is 6.14. The van der Waals surface area contributed by atoms with Gasteiger partial charge in [-0.05, 0) is 30.8 Å². The second-order valence-corrected chi connectivity index (χ2v) is 18.2. The van der Waals surface area contributed by atoms with Crippen LogP contribution in [0.25, 0.3) is 0 Å². The summed E-state index contributed by atoms with van der Waals surface area (Å²) in [6.07, 6.45) is 24.3. The van der Waals surface area contributed by atoms with Crippen LogP contribution in [0.15, 0.2) is 40.5 Å². The van der Waals surface area contributed by atoms with Gasteiger partial charge in [-0.15, -0.1) is 23.5 Å². The van der Waals surface area contributed by atoms with Gasteiger partial charge >= 0.3 is 11.4 Å². The average Bonchev–Trinajstić information content (AvgIpc) is 3.37. The normalized spacial score (nSPS) is 14.4. The van der Waals surface area contributed by atoms with Crippen molar-refractivity contribution in [2.45, 2.75) is 149 Å². The molecule has 306 valence electrons. The highest BCUT2D eigenvalue weighted by molar-refractivity contribution is 8.03. The second-order valence-electron chi connectivity index (χ2n) is 13.4. The number of allylic oxidation sites excluding steroid dienone is 2. The molecule has 1 aliphatic heterocycles. The Bertz CT molecular complexity index is 1120. The van der Waals surface area contributed by atoms with E-state index in [9.17, 15) is 20.2 Å². The van der Waals surface area contributed by atoms with Crippen LogP contribution in [0.5, 0.6) is 0 Å². The Morgan fingerprint density at radius 1 is 0.491 bits per heavy atom. The topological polar surface area (TPSA) is 92.8 Å². The Balaban J connectivity index is 3.08. The summed E-state index contributed by atoms with van der Waals surface area (Å²) in [6, 6.07) is 0.